The smallest absolute Gasteiger partial charge is 0.251 e. The van der Waals surface area contributed by atoms with Crippen LogP contribution < -0.4 is 5.56 Å². The number of pyridine rings is 1. The molecule has 0 fully saturated rings. The summed E-state index contributed by atoms with van der Waals surface area (Å²) in [5.74, 6) is 0.766. The summed E-state index contributed by atoms with van der Waals surface area (Å²) in [6.07, 6.45) is 7.60. The molecule has 2 aromatic rings. The maximum absolute atomic E-state index is 11.6. The number of hydrogen-bond donors (Lipinski definition) is 1. The van der Waals surface area contributed by atoms with Crippen LogP contribution in [0.4, 0.5) is 0 Å². The van der Waals surface area contributed by atoms with Crippen molar-refractivity contribution in [2.24, 2.45) is 0 Å². The minimum atomic E-state index is -0.0942. The lowest BCUT2D eigenvalue weighted by atomic mass is 10.1. The fraction of sp³-hybridized carbons (Fsp3) is 0.357. The Labute approximate surface area is 106 Å². The van der Waals surface area contributed by atoms with Crippen LogP contribution in [0.25, 0.3) is 11.3 Å². The van der Waals surface area contributed by atoms with Crippen molar-refractivity contribution in [1.82, 2.24) is 15.0 Å². The lowest BCUT2D eigenvalue weighted by molar-refractivity contribution is 0.692. The highest BCUT2D eigenvalue weighted by Crippen LogP contribution is 2.13. The molecule has 0 aliphatic rings. The molecule has 4 heteroatoms. The van der Waals surface area contributed by atoms with Crippen LogP contribution >= 0.6 is 0 Å². The first-order valence-electron chi connectivity index (χ1n) is 6.30. The van der Waals surface area contributed by atoms with E-state index in [0.717, 1.165) is 37.1 Å². The van der Waals surface area contributed by atoms with E-state index in [9.17, 15) is 4.79 Å². The molecule has 1 N–H and O–H groups in total. The van der Waals surface area contributed by atoms with Gasteiger partial charge in [0.05, 0.1) is 5.69 Å². The summed E-state index contributed by atoms with van der Waals surface area (Å²) in [4.78, 5) is 22.9. The van der Waals surface area contributed by atoms with E-state index in [2.05, 4.69) is 21.9 Å². The zero-order valence-corrected chi connectivity index (χ0v) is 10.5. The Bertz CT molecular complexity index is 548. The molecule has 0 spiro atoms. The van der Waals surface area contributed by atoms with Gasteiger partial charge >= 0.3 is 0 Å². The van der Waals surface area contributed by atoms with Gasteiger partial charge in [-0.15, -0.1) is 0 Å². The molecule has 0 amide bonds. The highest BCUT2D eigenvalue weighted by atomic mass is 16.1. The van der Waals surface area contributed by atoms with E-state index >= 15 is 0 Å². The summed E-state index contributed by atoms with van der Waals surface area (Å²) in [6.45, 7) is 2.16. The van der Waals surface area contributed by atoms with Crippen LogP contribution in [0.3, 0.4) is 0 Å². The second-order valence-corrected chi connectivity index (χ2v) is 4.27. The molecule has 0 saturated heterocycles. The van der Waals surface area contributed by atoms with Crippen molar-refractivity contribution in [2.45, 2.75) is 32.6 Å². The van der Waals surface area contributed by atoms with E-state index in [1.54, 1.807) is 12.4 Å². The van der Waals surface area contributed by atoms with Gasteiger partial charge in [-0.25, -0.2) is 4.98 Å². The molecule has 0 aromatic carbocycles. The molecule has 2 rings (SSSR count). The molecule has 0 atom stereocenters. The second-order valence-electron chi connectivity index (χ2n) is 4.27. The van der Waals surface area contributed by atoms with Gasteiger partial charge in [-0.3, -0.25) is 9.78 Å². The minimum Gasteiger partial charge on any atom is -0.311 e. The number of H-pyrrole nitrogens is 1. The van der Waals surface area contributed by atoms with Gasteiger partial charge in [0.25, 0.3) is 5.56 Å². The number of aromatic amines is 1. The molecule has 0 aliphatic heterocycles. The van der Waals surface area contributed by atoms with Gasteiger partial charge in [0.15, 0.2) is 0 Å². The molecule has 2 aromatic heterocycles. The quantitative estimate of drug-likeness (QED) is 0.821. The third-order valence-electron chi connectivity index (χ3n) is 2.78. The normalized spacial score (nSPS) is 10.5. The lowest BCUT2D eigenvalue weighted by Crippen LogP contribution is -2.11. The Balaban J connectivity index is 2.24. The van der Waals surface area contributed by atoms with Crippen molar-refractivity contribution in [3.05, 3.63) is 46.8 Å². The Kier molecular flexibility index (Phi) is 4.23. The third-order valence-corrected chi connectivity index (χ3v) is 2.78. The third kappa shape index (κ3) is 3.26. The molecular weight excluding hydrogens is 226 g/mol. The predicted molar refractivity (Wildman–Crippen MR) is 71.3 cm³/mol. The first-order valence-corrected chi connectivity index (χ1v) is 6.30. The summed E-state index contributed by atoms with van der Waals surface area (Å²) < 4.78 is 0. The molecular formula is C14H17N3O. The summed E-state index contributed by atoms with van der Waals surface area (Å²) in [5, 5.41) is 0. The van der Waals surface area contributed by atoms with Gasteiger partial charge in [-0.05, 0) is 18.6 Å². The van der Waals surface area contributed by atoms with Crippen LogP contribution in [-0.4, -0.2) is 15.0 Å². The molecule has 0 unspecified atom stereocenters. The average molecular weight is 243 g/mol. The number of rotatable bonds is 5. The van der Waals surface area contributed by atoms with Gasteiger partial charge in [-0.2, -0.15) is 0 Å². The molecule has 0 radical (unpaired) electrons. The van der Waals surface area contributed by atoms with Crippen LogP contribution in [0, 0.1) is 0 Å². The number of hydrogen-bond acceptors (Lipinski definition) is 3. The summed E-state index contributed by atoms with van der Waals surface area (Å²) >= 11 is 0. The van der Waals surface area contributed by atoms with Crippen molar-refractivity contribution < 1.29 is 0 Å². The SMILES string of the molecule is CCCCCc1nc(-c2ccncc2)cc(=O)[nH]1. The molecule has 0 bridgehead atoms. The molecule has 18 heavy (non-hydrogen) atoms. The summed E-state index contributed by atoms with van der Waals surface area (Å²) in [6, 6.07) is 5.24. The van der Waals surface area contributed by atoms with E-state index in [1.165, 1.54) is 6.07 Å². The van der Waals surface area contributed by atoms with Gasteiger partial charge < -0.3 is 4.98 Å². The molecule has 0 saturated carbocycles. The first kappa shape index (κ1) is 12.5. The Hall–Kier alpha value is -1.97. The minimum absolute atomic E-state index is 0.0942. The van der Waals surface area contributed by atoms with Crippen LogP contribution in [0.5, 0.6) is 0 Å². The van der Waals surface area contributed by atoms with E-state index in [0.29, 0.717) is 5.69 Å². The number of aryl methyl sites for hydroxylation is 1. The zero-order valence-electron chi connectivity index (χ0n) is 10.5. The number of aromatic nitrogens is 3. The van der Waals surface area contributed by atoms with Crippen LogP contribution in [0.15, 0.2) is 35.4 Å². The van der Waals surface area contributed by atoms with Gasteiger partial charge in [0, 0.05) is 30.4 Å². The lowest BCUT2D eigenvalue weighted by Gasteiger charge is -2.04. The number of nitrogens with one attached hydrogen (secondary N) is 1. The van der Waals surface area contributed by atoms with Gasteiger partial charge in [-0.1, -0.05) is 19.8 Å². The summed E-state index contributed by atoms with van der Waals surface area (Å²) in [5.41, 5.74) is 1.55. The highest BCUT2D eigenvalue weighted by molar-refractivity contribution is 5.57. The fourth-order valence-electron chi connectivity index (χ4n) is 1.84. The van der Waals surface area contributed by atoms with Crippen molar-refractivity contribution in [3.8, 4) is 11.3 Å². The maximum atomic E-state index is 11.6. The number of nitrogens with zero attached hydrogens (tertiary/aromatic N) is 2. The van der Waals surface area contributed by atoms with Crippen molar-refractivity contribution in [2.75, 3.05) is 0 Å². The molecule has 4 nitrogen and oxygen atoms in total. The highest BCUT2D eigenvalue weighted by Gasteiger charge is 2.03. The maximum Gasteiger partial charge on any atom is 0.251 e. The first-order chi connectivity index (χ1) is 8.79. The van der Waals surface area contributed by atoms with E-state index in [4.69, 9.17) is 0 Å². The predicted octanol–water partition coefficient (Wildman–Crippen LogP) is 2.56. The summed E-state index contributed by atoms with van der Waals surface area (Å²) in [7, 11) is 0. The fourth-order valence-corrected chi connectivity index (χ4v) is 1.84. The van der Waals surface area contributed by atoms with Crippen LogP contribution in [-0.2, 0) is 6.42 Å². The Morgan fingerprint density at radius 2 is 2.00 bits per heavy atom. The monoisotopic (exact) mass is 243 g/mol. The van der Waals surface area contributed by atoms with Crippen LogP contribution in [0.1, 0.15) is 32.0 Å². The Morgan fingerprint density at radius 1 is 1.22 bits per heavy atom. The van der Waals surface area contributed by atoms with Crippen molar-refractivity contribution in [3.63, 3.8) is 0 Å². The van der Waals surface area contributed by atoms with Crippen LogP contribution in [0.2, 0.25) is 0 Å². The largest absolute Gasteiger partial charge is 0.311 e. The average Bonchev–Trinajstić information content (AvgIpc) is 2.39. The van der Waals surface area contributed by atoms with Crippen molar-refractivity contribution >= 4 is 0 Å². The standard InChI is InChI=1S/C14H17N3O/c1-2-3-4-5-13-16-12(10-14(18)17-13)11-6-8-15-9-7-11/h6-10H,2-5H2,1H3,(H,16,17,18). The molecule has 94 valence electrons. The van der Waals surface area contributed by atoms with Gasteiger partial charge in [0.2, 0.25) is 0 Å². The topological polar surface area (TPSA) is 58.6 Å². The second kappa shape index (κ2) is 6.10. The van der Waals surface area contributed by atoms with Crippen molar-refractivity contribution in [1.29, 1.82) is 0 Å². The Morgan fingerprint density at radius 3 is 2.72 bits per heavy atom. The van der Waals surface area contributed by atoms with E-state index in [1.807, 2.05) is 12.1 Å². The number of unbranched alkanes of at least 4 members (excludes halogenated alkanes) is 2. The van der Waals surface area contributed by atoms with Gasteiger partial charge in [0.1, 0.15) is 5.82 Å². The molecule has 0 aliphatic carbocycles. The van der Waals surface area contributed by atoms with E-state index < -0.39 is 0 Å². The van der Waals surface area contributed by atoms with E-state index in [-0.39, 0.29) is 5.56 Å². The molecule has 2 heterocycles. The zero-order chi connectivity index (χ0) is 12.8.